The van der Waals surface area contributed by atoms with Gasteiger partial charge in [-0.15, -0.1) is 0 Å². The molecule has 0 unspecified atom stereocenters. The third kappa shape index (κ3) is 3.92. The van der Waals surface area contributed by atoms with Crippen molar-refractivity contribution in [1.29, 1.82) is 0 Å². The highest BCUT2D eigenvalue weighted by atomic mass is 16.5. The Bertz CT molecular complexity index is 682. The van der Waals surface area contributed by atoms with E-state index in [0.29, 0.717) is 6.61 Å². The summed E-state index contributed by atoms with van der Waals surface area (Å²) in [7, 11) is 0. The number of hydrogen-bond donors (Lipinski definition) is 0. The van der Waals surface area contributed by atoms with Crippen molar-refractivity contribution in [2.24, 2.45) is 0 Å². The second kappa shape index (κ2) is 7.23. The average molecular weight is 342 g/mol. The van der Waals surface area contributed by atoms with Gasteiger partial charge in [0.1, 0.15) is 0 Å². The zero-order chi connectivity index (χ0) is 17.1. The molecular weight excluding hydrogens is 316 g/mol. The van der Waals surface area contributed by atoms with E-state index in [1.807, 2.05) is 23.1 Å². The summed E-state index contributed by atoms with van der Waals surface area (Å²) >= 11 is 0. The van der Waals surface area contributed by atoms with E-state index >= 15 is 0 Å². The summed E-state index contributed by atoms with van der Waals surface area (Å²) in [6.45, 7) is 7.37. The van der Waals surface area contributed by atoms with E-state index in [4.69, 9.17) is 9.47 Å². The van der Waals surface area contributed by atoms with Crippen LogP contribution in [-0.2, 0) is 29.2 Å². The summed E-state index contributed by atoms with van der Waals surface area (Å²) in [5.41, 5.74) is 2.39. The minimum atomic E-state index is -0.0153. The van der Waals surface area contributed by atoms with Crippen LogP contribution in [0.3, 0.4) is 0 Å². The molecule has 2 fully saturated rings. The number of nitrogens with zero attached hydrogens (tertiary/aromatic N) is 4. The Labute approximate surface area is 148 Å². The molecule has 0 amide bonds. The molecule has 0 aromatic carbocycles. The van der Waals surface area contributed by atoms with Gasteiger partial charge in [-0.2, -0.15) is 5.10 Å². The molecule has 2 aromatic heterocycles. The van der Waals surface area contributed by atoms with Crippen LogP contribution in [0.5, 0.6) is 0 Å². The third-order valence-electron chi connectivity index (χ3n) is 5.10. The molecule has 2 saturated heterocycles. The molecule has 6 heteroatoms. The van der Waals surface area contributed by atoms with Gasteiger partial charge < -0.3 is 9.47 Å². The van der Waals surface area contributed by atoms with Crippen molar-refractivity contribution >= 4 is 0 Å². The molecule has 0 bridgehead atoms. The second-order valence-electron chi connectivity index (χ2n) is 7.17. The van der Waals surface area contributed by atoms with Gasteiger partial charge in [-0.3, -0.25) is 14.6 Å². The predicted molar refractivity (Wildman–Crippen MR) is 93.9 cm³/mol. The number of aryl methyl sites for hydroxylation is 1. The van der Waals surface area contributed by atoms with Gasteiger partial charge in [-0.25, -0.2) is 0 Å². The lowest BCUT2D eigenvalue weighted by Crippen LogP contribution is -2.65. The summed E-state index contributed by atoms with van der Waals surface area (Å²) in [4.78, 5) is 6.57. The van der Waals surface area contributed by atoms with Gasteiger partial charge in [-0.1, -0.05) is 6.07 Å². The first kappa shape index (κ1) is 16.7. The summed E-state index contributed by atoms with van der Waals surface area (Å²) in [6.07, 6.45) is 10.0. The zero-order valence-corrected chi connectivity index (χ0v) is 14.8. The highest BCUT2D eigenvalue weighted by Crippen LogP contribution is 2.36. The van der Waals surface area contributed by atoms with Gasteiger partial charge >= 0.3 is 0 Å². The molecule has 6 nitrogen and oxygen atoms in total. The number of pyridine rings is 1. The highest BCUT2D eigenvalue weighted by Gasteiger charge is 2.47. The normalized spacial score (nSPS) is 22.8. The average Bonchev–Trinajstić information content (AvgIpc) is 3.08. The van der Waals surface area contributed by atoms with E-state index in [2.05, 4.69) is 34.2 Å². The first-order chi connectivity index (χ1) is 12.2. The molecule has 25 heavy (non-hydrogen) atoms. The number of aromatic nitrogens is 3. The van der Waals surface area contributed by atoms with E-state index in [9.17, 15) is 0 Å². The van der Waals surface area contributed by atoms with Crippen molar-refractivity contribution in [2.75, 3.05) is 19.7 Å². The molecule has 0 saturated carbocycles. The molecule has 134 valence electrons. The lowest BCUT2D eigenvalue weighted by Gasteiger charge is -2.53. The molecule has 4 rings (SSSR count). The first-order valence-electron chi connectivity index (χ1n) is 9.13. The minimum absolute atomic E-state index is 0.0153. The standard InChI is InChI=1S/C19H26N4O2/c1-2-23-12-17(10-21-23)11-22-14-19(15-22)8-18(5-7-25-19)24-13-16-4-3-6-20-9-16/h3-4,6,9-10,12,18H,2,5,7-8,11,13-15H2,1H3/t18-/m1/s1. The van der Waals surface area contributed by atoms with Gasteiger partial charge in [0, 0.05) is 63.4 Å². The number of hydrogen-bond acceptors (Lipinski definition) is 5. The molecule has 4 heterocycles. The van der Waals surface area contributed by atoms with Crippen LogP contribution in [0.4, 0.5) is 0 Å². The summed E-state index contributed by atoms with van der Waals surface area (Å²) < 4.78 is 14.2. The SMILES string of the molecule is CCn1cc(CN2CC3(C[C@H](OCc4cccnc4)CCO3)C2)cn1. The molecule has 0 radical (unpaired) electrons. The fourth-order valence-corrected chi connectivity index (χ4v) is 3.84. The van der Waals surface area contributed by atoms with Gasteiger partial charge in [0.05, 0.1) is 24.5 Å². The molecule has 0 N–H and O–H groups in total. The summed E-state index contributed by atoms with van der Waals surface area (Å²) in [6, 6.07) is 4.01. The van der Waals surface area contributed by atoms with E-state index in [-0.39, 0.29) is 11.7 Å². The Morgan fingerprint density at radius 2 is 2.24 bits per heavy atom. The van der Waals surface area contributed by atoms with Crippen LogP contribution in [-0.4, -0.2) is 51.1 Å². The fraction of sp³-hybridized carbons (Fsp3) is 0.579. The Kier molecular flexibility index (Phi) is 4.83. The number of rotatable bonds is 6. The minimum Gasteiger partial charge on any atom is -0.373 e. The molecular formula is C19H26N4O2. The van der Waals surface area contributed by atoms with Crippen LogP contribution in [0.1, 0.15) is 30.9 Å². The van der Waals surface area contributed by atoms with Crippen molar-refractivity contribution in [3.8, 4) is 0 Å². The topological polar surface area (TPSA) is 52.4 Å². The lowest BCUT2D eigenvalue weighted by molar-refractivity contribution is -0.200. The van der Waals surface area contributed by atoms with Gasteiger partial charge in [0.25, 0.3) is 0 Å². The maximum Gasteiger partial charge on any atom is 0.0959 e. The Morgan fingerprint density at radius 3 is 3.00 bits per heavy atom. The van der Waals surface area contributed by atoms with Crippen LogP contribution < -0.4 is 0 Å². The van der Waals surface area contributed by atoms with Gasteiger partial charge in [-0.05, 0) is 25.0 Å². The van der Waals surface area contributed by atoms with E-state index in [1.54, 1.807) is 6.20 Å². The third-order valence-corrected chi connectivity index (χ3v) is 5.10. The van der Waals surface area contributed by atoms with E-state index in [1.165, 1.54) is 5.56 Å². The predicted octanol–water partition coefficient (Wildman–Crippen LogP) is 2.25. The summed E-state index contributed by atoms with van der Waals surface area (Å²) in [5.74, 6) is 0. The van der Waals surface area contributed by atoms with Gasteiger partial charge in [0.15, 0.2) is 0 Å². The van der Waals surface area contributed by atoms with Crippen molar-refractivity contribution in [2.45, 2.75) is 51.2 Å². The van der Waals surface area contributed by atoms with Crippen molar-refractivity contribution in [3.05, 3.63) is 48.0 Å². The zero-order valence-electron chi connectivity index (χ0n) is 14.8. The Morgan fingerprint density at radius 1 is 1.32 bits per heavy atom. The quantitative estimate of drug-likeness (QED) is 0.806. The molecule has 2 aliphatic rings. The van der Waals surface area contributed by atoms with Crippen LogP contribution in [0.15, 0.2) is 36.9 Å². The van der Waals surface area contributed by atoms with Crippen molar-refractivity contribution in [1.82, 2.24) is 19.7 Å². The largest absolute Gasteiger partial charge is 0.373 e. The summed E-state index contributed by atoms with van der Waals surface area (Å²) in [5, 5.41) is 4.35. The van der Waals surface area contributed by atoms with E-state index < -0.39 is 0 Å². The Hall–Kier alpha value is -1.76. The van der Waals surface area contributed by atoms with Crippen LogP contribution in [0, 0.1) is 0 Å². The van der Waals surface area contributed by atoms with Crippen LogP contribution >= 0.6 is 0 Å². The second-order valence-corrected chi connectivity index (χ2v) is 7.17. The monoisotopic (exact) mass is 342 g/mol. The number of ether oxygens (including phenoxy) is 2. The first-order valence-corrected chi connectivity index (χ1v) is 9.13. The van der Waals surface area contributed by atoms with E-state index in [0.717, 1.165) is 51.2 Å². The number of likely N-dealkylation sites (tertiary alicyclic amines) is 1. The van der Waals surface area contributed by atoms with Crippen LogP contribution in [0.25, 0.3) is 0 Å². The molecule has 2 aliphatic heterocycles. The molecule has 2 aromatic rings. The molecule has 1 atom stereocenters. The van der Waals surface area contributed by atoms with Crippen molar-refractivity contribution in [3.63, 3.8) is 0 Å². The molecule has 0 aliphatic carbocycles. The lowest BCUT2D eigenvalue weighted by atomic mass is 9.84. The van der Waals surface area contributed by atoms with Crippen molar-refractivity contribution < 1.29 is 9.47 Å². The maximum absolute atomic E-state index is 6.12. The maximum atomic E-state index is 6.12. The molecule has 1 spiro atoms. The van der Waals surface area contributed by atoms with Crippen LogP contribution in [0.2, 0.25) is 0 Å². The Balaban J connectivity index is 1.26. The smallest absolute Gasteiger partial charge is 0.0959 e. The fourth-order valence-electron chi connectivity index (χ4n) is 3.84. The highest BCUT2D eigenvalue weighted by molar-refractivity contribution is 5.09. The van der Waals surface area contributed by atoms with Gasteiger partial charge in [0.2, 0.25) is 0 Å².